The number of aromatic nitrogens is 2. The van der Waals surface area contributed by atoms with Gasteiger partial charge in [-0.25, -0.2) is 0 Å². The standard InChI is InChI=1S/C16H23N3O4/c1-11(2)22-9-5-8-17-16-18-15(19-23-16)12-6-7-13(20-3)14(10-12)21-4/h6-7,10-11H,5,8-9H2,1-4H3,(H,17,18,19). The van der Waals surface area contributed by atoms with Crippen LogP contribution >= 0.6 is 0 Å². The molecule has 0 fully saturated rings. The van der Waals surface area contributed by atoms with Crippen LogP contribution in [0.4, 0.5) is 6.01 Å². The Labute approximate surface area is 135 Å². The first-order chi connectivity index (χ1) is 11.1. The second-order valence-electron chi connectivity index (χ2n) is 5.19. The van der Waals surface area contributed by atoms with Crippen LogP contribution in [-0.2, 0) is 4.74 Å². The van der Waals surface area contributed by atoms with E-state index < -0.39 is 0 Å². The highest BCUT2D eigenvalue weighted by Crippen LogP contribution is 2.31. The fourth-order valence-electron chi connectivity index (χ4n) is 1.97. The molecule has 1 aromatic carbocycles. The Morgan fingerprint density at radius 3 is 2.65 bits per heavy atom. The maximum Gasteiger partial charge on any atom is 0.321 e. The largest absolute Gasteiger partial charge is 0.493 e. The Morgan fingerprint density at radius 1 is 1.17 bits per heavy atom. The van der Waals surface area contributed by atoms with Crippen LogP contribution in [0.3, 0.4) is 0 Å². The fourth-order valence-corrected chi connectivity index (χ4v) is 1.97. The summed E-state index contributed by atoms with van der Waals surface area (Å²) in [5.41, 5.74) is 0.794. The highest BCUT2D eigenvalue weighted by atomic mass is 16.5. The van der Waals surface area contributed by atoms with Gasteiger partial charge in [0, 0.05) is 18.7 Å². The lowest BCUT2D eigenvalue weighted by Crippen LogP contribution is -2.09. The third kappa shape index (κ3) is 4.85. The Balaban J connectivity index is 1.94. The first kappa shape index (κ1) is 17.1. The highest BCUT2D eigenvalue weighted by molar-refractivity contribution is 5.61. The van der Waals surface area contributed by atoms with Crippen molar-refractivity contribution < 1.29 is 18.7 Å². The highest BCUT2D eigenvalue weighted by Gasteiger charge is 2.11. The molecule has 0 spiro atoms. The number of nitrogens with one attached hydrogen (secondary N) is 1. The quantitative estimate of drug-likeness (QED) is 0.711. The van der Waals surface area contributed by atoms with Crippen molar-refractivity contribution in [3.8, 4) is 22.9 Å². The van der Waals surface area contributed by atoms with Gasteiger partial charge in [-0.05, 0) is 38.5 Å². The number of methoxy groups -OCH3 is 2. The van der Waals surface area contributed by atoms with Gasteiger partial charge < -0.3 is 24.1 Å². The van der Waals surface area contributed by atoms with Gasteiger partial charge in [-0.15, -0.1) is 0 Å². The first-order valence-electron chi connectivity index (χ1n) is 7.55. The predicted octanol–water partition coefficient (Wildman–Crippen LogP) is 2.98. The minimum atomic E-state index is 0.245. The summed E-state index contributed by atoms with van der Waals surface area (Å²) in [5.74, 6) is 1.77. The molecular weight excluding hydrogens is 298 g/mol. The molecule has 0 aliphatic heterocycles. The van der Waals surface area contributed by atoms with Gasteiger partial charge in [0.05, 0.1) is 20.3 Å². The van der Waals surface area contributed by atoms with Crippen LogP contribution in [0.1, 0.15) is 20.3 Å². The van der Waals surface area contributed by atoms with E-state index >= 15 is 0 Å². The van der Waals surface area contributed by atoms with E-state index in [-0.39, 0.29) is 6.10 Å². The molecule has 7 nitrogen and oxygen atoms in total. The Kier molecular flexibility index (Phi) is 6.22. The summed E-state index contributed by atoms with van der Waals surface area (Å²) in [6.45, 7) is 5.43. The minimum absolute atomic E-state index is 0.245. The molecule has 126 valence electrons. The SMILES string of the molecule is COc1ccc(-c2noc(NCCCOC(C)C)n2)cc1OC. The van der Waals surface area contributed by atoms with Crippen molar-refractivity contribution in [3.05, 3.63) is 18.2 Å². The van der Waals surface area contributed by atoms with Crippen molar-refractivity contribution in [3.63, 3.8) is 0 Å². The van der Waals surface area contributed by atoms with Crippen molar-refractivity contribution in [2.24, 2.45) is 0 Å². The maximum atomic E-state index is 5.47. The molecule has 2 rings (SSSR count). The fraction of sp³-hybridized carbons (Fsp3) is 0.500. The molecule has 0 aliphatic rings. The zero-order valence-electron chi connectivity index (χ0n) is 14.0. The van der Waals surface area contributed by atoms with Crippen molar-refractivity contribution in [2.45, 2.75) is 26.4 Å². The number of nitrogens with zero attached hydrogens (tertiary/aromatic N) is 2. The minimum Gasteiger partial charge on any atom is -0.493 e. The summed E-state index contributed by atoms with van der Waals surface area (Å²) in [6.07, 6.45) is 1.11. The predicted molar refractivity (Wildman–Crippen MR) is 87.0 cm³/mol. The summed E-state index contributed by atoms with van der Waals surface area (Å²) < 4.78 is 21.1. The number of ether oxygens (including phenoxy) is 3. The van der Waals surface area contributed by atoms with Crippen LogP contribution in [0.25, 0.3) is 11.4 Å². The molecule has 0 amide bonds. The molecule has 0 bridgehead atoms. The van der Waals surface area contributed by atoms with Crippen LogP contribution in [0.5, 0.6) is 11.5 Å². The molecule has 7 heteroatoms. The number of anilines is 1. The molecular formula is C16H23N3O4. The lowest BCUT2D eigenvalue weighted by atomic mass is 10.2. The van der Waals surface area contributed by atoms with Gasteiger partial charge in [0.15, 0.2) is 11.5 Å². The zero-order valence-corrected chi connectivity index (χ0v) is 14.0. The summed E-state index contributed by atoms with van der Waals surface area (Å²) in [6, 6.07) is 5.86. The molecule has 0 atom stereocenters. The molecule has 0 radical (unpaired) electrons. The Hall–Kier alpha value is -2.28. The third-order valence-corrected chi connectivity index (χ3v) is 3.12. The number of rotatable bonds is 9. The molecule has 0 unspecified atom stereocenters. The van der Waals surface area contributed by atoms with E-state index in [1.807, 2.05) is 26.0 Å². The smallest absolute Gasteiger partial charge is 0.321 e. The second-order valence-corrected chi connectivity index (χ2v) is 5.19. The molecule has 0 saturated heterocycles. The number of benzene rings is 1. The van der Waals surface area contributed by atoms with E-state index in [4.69, 9.17) is 18.7 Å². The topological polar surface area (TPSA) is 78.6 Å². The van der Waals surface area contributed by atoms with Crippen molar-refractivity contribution in [1.29, 1.82) is 0 Å². The van der Waals surface area contributed by atoms with Crippen LogP contribution in [0, 0.1) is 0 Å². The molecule has 1 N–H and O–H groups in total. The first-order valence-corrected chi connectivity index (χ1v) is 7.55. The van der Waals surface area contributed by atoms with E-state index in [9.17, 15) is 0 Å². The number of hydrogen-bond acceptors (Lipinski definition) is 7. The van der Waals surface area contributed by atoms with E-state index in [0.717, 1.165) is 12.0 Å². The molecule has 2 aromatic rings. The number of hydrogen-bond donors (Lipinski definition) is 1. The summed E-state index contributed by atoms with van der Waals surface area (Å²) in [5, 5.41) is 7.05. The van der Waals surface area contributed by atoms with Crippen LogP contribution in [0.2, 0.25) is 0 Å². The molecule has 0 aliphatic carbocycles. The van der Waals surface area contributed by atoms with Crippen molar-refractivity contribution >= 4 is 6.01 Å². The van der Waals surface area contributed by atoms with E-state index in [2.05, 4.69) is 15.5 Å². The third-order valence-electron chi connectivity index (χ3n) is 3.12. The van der Waals surface area contributed by atoms with Gasteiger partial charge >= 0.3 is 6.01 Å². The second kappa shape index (κ2) is 8.38. The zero-order chi connectivity index (χ0) is 16.7. The Bertz CT molecular complexity index is 613. The average molecular weight is 321 g/mol. The van der Waals surface area contributed by atoms with E-state index in [0.29, 0.717) is 36.5 Å². The van der Waals surface area contributed by atoms with Gasteiger partial charge in [0.2, 0.25) is 5.82 Å². The van der Waals surface area contributed by atoms with Crippen LogP contribution in [0.15, 0.2) is 22.7 Å². The summed E-state index contributed by atoms with van der Waals surface area (Å²) >= 11 is 0. The molecule has 1 aromatic heterocycles. The normalized spacial score (nSPS) is 10.8. The average Bonchev–Trinajstić information content (AvgIpc) is 3.02. The van der Waals surface area contributed by atoms with Crippen molar-refractivity contribution in [1.82, 2.24) is 10.1 Å². The van der Waals surface area contributed by atoms with Gasteiger partial charge in [-0.1, -0.05) is 5.16 Å². The monoisotopic (exact) mass is 321 g/mol. The lowest BCUT2D eigenvalue weighted by Gasteiger charge is -2.07. The molecule has 0 saturated carbocycles. The summed E-state index contributed by atoms with van der Waals surface area (Å²) in [4.78, 5) is 4.32. The molecule has 23 heavy (non-hydrogen) atoms. The van der Waals surface area contributed by atoms with E-state index in [1.54, 1.807) is 20.3 Å². The van der Waals surface area contributed by atoms with Crippen molar-refractivity contribution in [2.75, 3.05) is 32.7 Å². The van der Waals surface area contributed by atoms with Gasteiger partial charge in [0.1, 0.15) is 0 Å². The van der Waals surface area contributed by atoms with Crippen LogP contribution in [-0.4, -0.2) is 43.6 Å². The van der Waals surface area contributed by atoms with E-state index in [1.165, 1.54) is 0 Å². The maximum absolute atomic E-state index is 5.47. The van der Waals surface area contributed by atoms with Crippen LogP contribution < -0.4 is 14.8 Å². The van der Waals surface area contributed by atoms with Gasteiger partial charge in [-0.2, -0.15) is 4.98 Å². The summed E-state index contributed by atoms with van der Waals surface area (Å²) in [7, 11) is 3.18. The lowest BCUT2D eigenvalue weighted by molar-refractivity contribution is 0.0786. The molecule has 1 heterocycles. The van der Waals surface area contributed by atoms with Gasteiger partial charge in [0.25, 0.3) is 0 Å². The Morgan fingerprint density at radius 2 is 1.96 bits per heavy atom. The van der Waals surface area contributed by atoms with Gasteiger partial charge in [-0.3, -0.25) is 0 Å².